The minimum atomic E-state index is -0.230. The summed E-state index contributed by atoms with van der Waals surface area (Å²) < 4.78 is 0. The number of nitrogens with zero attached hydrogens (tertiary/aromatic N) is 1. The lowest BCUT2D eigenvalue weighted by atomic mass is 9.84. The fraction of sp³-hybridized carbons (Fsp3) is 0. The summed E-state index contributed by atoms with van der Waals surface area (Å²) in [6.45, 7) is 0. The van der Waals surface area contributed by atoms with Crippen molar-refractivity contribution < 1.29 is 0 Å². The van der Waals surface area contributed by atoms with Crippen LogP contribution in [0.5, 0.6) is 0 Å². The Morgan fingerprint density at radius 3 is 3.00 bits per heavy atom. The van der Waals surface area contributed by atoms with Crippen LogP contribution in [-0.4, -0.2) is 22.4 Å². The maximum Gasteiger partial charge on any atom is 0.323 e. The van der Waals surface area contributed by atoms with Gasteiger partial charge < -0.3 is 15.6 Å². The number of pyridine rings is 1. The van der Waals surface area contributed by atoms with Gasteiger partial charge in [0.25, 0.3) is 0 Å². The Kier molecular flexibility index (Phi) is 1.84. The van der Waals surface area contributed by atoms with Gasteiger partial charge in [0.2, 0.25) is 7.41 Å². The third-order valence-electron chi connectivity index (χ3n) is 2.57. The summed E-state index contributed by atoms with van der Waals surface area (Å²) >= 11 is 0. The fourth-order valence-corrected chi connectivity index (χ4v) is 1.81. The van der Waals surface area contributed by atoms with Crippen LogP contribution in [0.15, 0.2) is 29.2 Å². The number of nitrogens with two attached hydrogens (primary N) is 1. The van der Waals surface area contributed by atoms with E-state index in [-0.39, 0.29) is 5.69 Å². The molecule has 1 radical (unpaired) electrons. The van der Waals surface area contributed by atoms with Crippen LogP contribution in [0.4, 0.5) is 0 Å². The number of aromatic nitrogens is 3. The highest BCUT2D eigenvalue weighted by molar-refractivity contribution is 6.50. The lowest BCUT2D eigenvalue weighted by Gasteiger charge is -2.00. The molecular formula is C10H8BN4O. The lowest BCUT2D eigenvalue weighted by Crippen LogP contribution is -2.22. The topological polar surface area (TPSA) is 87.6 Å². The Bertz CT molecular complexity index is 730. The van der Waals surface area contributed by atoms with E-state index in [4.69, 9.17) is 5.64 Å². The maximum absolute atomic E-state index is 11.2. The molecule has 5 nitrogen and oxygen atoms in total. The van der Waals surface area contributed by atoms with Gasteiger partial charge in [-0.05, 0) is 6.07 Å². The molecule has 16 heavy (non-hydrogen) atoms. The van der Waals surface area contributed by atoms with Gasteiger partial charge in [-0.25, -0.2) is 4.79 Å². The van der Waals surface area contributed by atoms with E-state index in [0.717, 1.165) is 21.9 Å². The summed E-state index contributed by atoms with van der Waals surface area (Å²) in [5.74, 6) is 0. The van der Waals surface area contributed by atoms with Crippen molar-refractivity contribution in [2.75, 3.05) is 0 Å². The second-order valence-corrected chi connectivity index (χ2v) is 3.57. The van der Waals surface area contributed by atoms with Gasteiger partial charge >= 0.3 is 5.69 Å². The van der Waals surface area contributed by atoms with E-state index in [1.807, 2.05) is 18.2 Å². The number of H-pyrrole nitrogens is 2. The number of fused-ring (bicyclic) bond motifs is 3. The molecule has 4 N–H and O–H groups in total. The number of nitrogens with one attached hydrogen (secondary N) is 2. The van der Waals surface area contributed by atoms with Gasteiger partial charge in [-0.3, -0.25) is 4.98 Å². The minimum Gasteiger partial charge on any atom is -0.370 e. The van der Waals surface area contributed by atoms with Crippen LogP contribution in [0.25, 0.3) is 21.9 Å². The maximum atomic E-state index is 11.2. The van der Waals surface area contributed by atoms with E-state index in [0.29, 0.717) is 5.52 Å². The van der Waals surface area contributed by atoms with E-state index in [1.54, 1.807) is 6.20 Å². The molecule has 2 heterocycles. The molecule has 3 aromatic rings. The minimum absolute atomic E-state index is 0.230. The number of rotatable bonds is 1. The molecule has 0 bridgehead atoms. The van der Waals surface area contributed by atoms with Crippen molar-refractivity contribution in [3.8, 4) is 0 Å². The Labute approximate surface area is 91.0 Å². The van der Waals surface area contributed by atoms with Gasteiger partial charge in [0, 0.05) is 5.39 Å². The SMILES string of the molecule is N[B]c1ccc2ncc3[nH]c(=O)[nH]c3c2c1. The zero-order valence-electron chi connectivity index (χ0n) is 8.32. The summed E-state index contributed by atoms with van der Waals surface area (Å²) in [5, 5.41) is 0.884. The molecule has 3 rings (SSSR count). The Morgan fingerprint density at radius 1 is 1.31 bits per heavy atom. The summed E-state index contributed by atoms with van der Waals surface area (Å²) in [7, 11) is 1.52. The van der Waals surface area contributed by atoms with Crippen LogP contribution in [0.3, 0.4) is 0 Å². The molecule has 0 spiro atoms. The van der Waals surface area contributed by atoms with E-state index in [1.165, 1.54) is 7.41 Å². The Balaban J connectivity index is 2.51. The standard InChI is InChI=1S/C10H8BN4O/c12-11-5-1-2-7-6(3-5)9-8(4-13-7)14-10(16)15-9/h1-4H,12H2,(H2,14,15,16). The predicted molar refractivity (Wildman–Crippen MR) is 63.8 cm³/mol. The summed E-state index contributed by atoms with van der Waals surface area (Å²) in [6, 6.07) is 5.65. The van der Waals surface area contributed by atoms with Gasteiger partial charge in [-0.2, -0.15) is 0 Å². The first-order valence-electron chi connectivity index (χ1n) is 4.83. The van der Waals surface area contributed by atoms with E-state index >= 15 is 0 Å². The van der Waals surface area contributed by atoms with Crippen LogP contribution in [0.2, 0.25) is 0 Å². The van der Waals surface area contributed by atoms with Crippen LogP contribution in [0, 0.1) is 0 Å². The summed E-state index contributed by atoms with van der Waals surface area (Å²) in [6.07, 6.45) is 1.64. The predicted octanol–water partition coefficient (Wildman–Crippen LogP) is -0.392. The molecule has 0 unspecified atom stereocenters. The van der Waals surface area contributed by atoms with Crippen molar-refractivity contribution in [2.45, 2.75) is 0 Å². The molecule has 1 aromatic carbocycles. The van der Waals surface area contributed by atoms with Gasteiger partial charge in [-0.1, -0.05) is 17.6 Å². The molecule has 0 atom stereocenters. The highest BCUT2D eigenvalue weighted by Crippen LogP contribution is 2.17. The normalized spacial score (nSPS) is 11.1. The number of hydrogen-bond donors (Lipinski definition) is 3. The van der Waals surface area contributed by atoms with Gasteiger partial charge in [-0.15, -0.1) is 0 Å². The fourth-order valence-electron chi connectivity index (χ4n) is 1.81. The molecular weight excluding hydrogens is 203 g/mol. The van der Waals surface area contributed by atoms with Crippen LogP contribution >= 0.6 is 0 Å². The zero-order valence-corrected chi connectivity index (χ0v) is 8.32. The third kappa shape index (κ3) is 1.24. The summed E-state index contributed by atoms with van der Waals surface area (Å²) in [4.78, 5) is 20.9. The van der Waals surface area contributed by atoms with Crippen molar-refractivity contribution in [3.05, 3.63) is 34.9 Å². The number of aromatic amines is 2. The largest absolute Gasteiger partial charge is 0.370 e. The lowest BCUT2D eigenvalue weighted by molar-refractivity contribution is 1.21. The van der Waals surface area contributed by atoms with Crippen molar-refractivity contribution in [3.63, 3.8) is 0 Å². The number of imidazole rings is 1. The van der Waals surface area contributed by atoms with Gasteiger partial charge in [0.15, 0.2) is 0 Å². The monoisotopic (exact) mass is 211 g/mol. The first kappa shape index (κ1) is 9.17. The van der Waals surface area contributed by atoms with Gasteiger partial charge in [0.05, 0.1) is 22.7 Å². The van der Waals surface area contributed by atoms with Gasteiger partial charge in [0.1, 0.15) is 0 Å². The molecule has 2 aromatic heterocycles. The molecule has 6 heteroatoms. The third-order valence-corrected chi connectivity index (χ3v) is 2.57. The van der Waals surface area contributed by atoms with Crippen molar-refractivity contribution in [1.29, 1.82) is 0 Å². The van der Waals surface area contributed by atoms with Crippen LogP contribution < -0.4 is 16.8 Å². The highest BCUT2D eigenvalue weighted by atomic mass is 16.1. The average Bonchev–Trinajstić information content (AvgIpc) is 2.69. The first-order valence-corrected chi connectivity index (χ1v) is 4.83. The van der Waals surface area contributed by atoms with Crippen LogP contribution in [0.1, 0.15) is 0 Å². The second-order valence-electron chi connectivity index (χ2n) is 3.57. The zero-order chi connectivity index (χ0) is 11.1. The smallest absolute Gasteiger partial charge is 0.323 e. The van der Waals surface area contributed by atoms with E-state index < -0.39 is 0 Å². The quantitative estimate of drug-likeness (QED) is 0.479. The number of benzene rings is 1. The van der Waals surface area contributed by atoms with Crippen molar-refractivity contribution in [1.82, 2.24) is 15.0 Å². The Morgan fingerprint density at radius 2 is 2.19 bits per heavy atom. The molecule has 0 aliphatic rings. The average molecular weight is 211 g/mol. The van der Waals surface area contributed by atoms with Crippen molar-refractivity contribution in [2.24, 2.45) is 5.64 Å². The molecule has 0 saturated carbocycles. The number of hydrogen-bond acceptors (Lipinski definition) is 3. The molecule has 0 aliphatic carbocycles. The van der Waals surface area contributed by atoms with Crippen molar-refractivity contribution >= 4 is 34.8 Å². The summed E-state index contributed by atoms with van der Waals surface area (Å²) in [5.41, 5.74) is 8.42. The van der Waals surface area contributed by atoms with E-state index in [9.17, 15) is 4.79 Å². The second kappa shape index (κ2) is 3.21. The first-order chi connectivity index (χ1) is 7.78. The molecule has 0 fully saturated rings. The Hall–Kier alpha value is -2.08. The molecule has 0 aliphatic heterocycles. The highest BCUT2D eigenvalue weighted by Gasteiger charge is 2.05. The molecule has 0 saturated heterocycles. The molecule has 77 valence electrons. The van der Waals surface area contributed by atoms with E-state index in [2.05, 4.69) is 15.0 Å². The molecule has 0 amide bonds. The van der Waals surface area contributed by atoms with Crippen LogP contribution in [-0.2, 0) is 0 Å².